The molecule has 1 aromatic carbocycles. The van der Waals surface area contributed by atoms with Crippen molar-refractivity contribution in [1.82, 2.24) is 14.9 Å². The number of rotatable bonds is 7. The van der Waals surface area contributed by atoms with Crippen LogP contribution in [0.2, 0.25) is 0 Å². The van der Waals surface area contributed by atoms with Gasteiger partial charge in [-0.1, -0.05) is 31.2 Å². The fraction of sp³-hybridized carbons (Fsp3) is 0.438. The summed E-state index contributed by atoms with van der Waals surface area (Å²) < 4.78 is 2.19. The van der Waals surface area contributed by atoms with Gasteiger partial charge in [-0.25, -0.2) is 4.98 Å². The topological polar surface area (TPSA) is 29.9 Å². The Kier molecular flexibility index (Phi) is 5.16. The van der Waals surface area contributed by atoms with E-state index in [4.69, 9.17) is 0 Å². The molecule has 0 unspecified atom stereocenters. The van der Waals surface area contributed by atoms with E-state index in [1.54, 1.807) is 0 Å². The SMILES string of the molecule is CCCNCc1ccc(Cc2nccn2CC)cc1. The fourth-order valence-electron chi connectivity index (χ4n) is 2.16. The number of nitrogens with one attached hydrogen (secondary N) is 1. The second kappa shape index (κ2) is 7.10. The van der Waals surface area contributed by atoms with Gasteiger partial charge < -0.3 is 9.88 Å². The fourth-order valence-corrected chi connectivity index (χ4v) is 2.16. The van der Waals surface area contributed by atoms with E-state index in [-0.39, 0.29) is 0 Å². The Bertz CT molecular complexity index is 485. The van der Waals surface area contributed by atoms with Gasteiger partial charge in [0.1, 0.15) is 5.82 Å². The molecule has 0 saturated carbocycles. The van der Waals surface area contributed by atoms with Crippen LogP contribution < -0.4 is 5.32 Å². The van der Waals surface area contributed by atoms with Crippen LogP contribution in [0.1, 0.15) is 37.2 Å². The molecule has 1 N–H and O–H groups in total. The summed E-state index contributed by atoms with van der Waals surface area (Å²) in [5, 5.41) is 3.42. The summed E-state index contributed by atoms with van der Waals surface area (Å²) >= 11 is 0. The second-order valence-electron chi connectivity index (χ2n) is 4.80. The quantitative estimate of drug-likeness (QED) is 0.773. The van der Waals surface area contributed by atoms with Crippen LogP contribution in [0.15, 0.2) is 36.7 Å². The molecule has 0 saturated heterocycles. The van der Waals surface area contributed by atoms with Crippen molar-refractivity contribution in [3.8, 4) is 0 Å². The molecule has 2 rings (SSSR count). The zero-order valence-electron chi connectivity index (χ0n) is 11.9. The Morgan fingerprint density at radius 1 is 1.11 bits per heavy atom. The third-order valence-electron chi connectivity index (χ3n) is 3.28. The summed E-state index contributed by atoms with van der Waals surface area (Å²) in [4.78, 5) is 4.42. The van der Waals surface area contributed by atoms with Gasteiger partial charge in [-0.05, 0) is 31.0 Å². The molecule has 0 amide bonds. The molecule has 0 bridgehead atoms. The molecule has 2 aromatic rings. The van der Waals surface area contributed by atoms with Crippen molar-refractivity contribution in [2.75, 3.05) is 6.54 Å². The van der Waals surface area contributed by atoms with Crippen LogP contribution in [0, 0.1) is 0 Å². The van der Waals surface area contributed by atoms with Crippen molar-refractivity contribution in [1.29, 1.82) is 0 Å². The molecule has 0 radical (unpaired) electrons. The minimum absolute atomic E-state index is 0.906. The van der Waals surface area contributed by atoms with E-state index in [0.717, 1.165) is 31.9 Å². The Morgan fingerprint density at radius 3 is 2.53 bits per heavy atom. The normalized spacial score (nSPS) is 10.8. The molecule has 3 nitrogen and oxygen atoms in total. The third-order valence-corrected chi connectivity index (χ3v) is 3.28. The molecule has 1 heterocycles. The number of benzene rings is 1. The van der Waals surface area contributed by atoms with Crippen LogP contribution in [0.25, 0.3) is 0 Å². The molecule has 1 aromatic heterocycles. The second-order valence-corrected chi connectivity index (χ2v) is 4.80. The number of imidazole rings is 1. The Balaban J connectivity index is 1.95. The van der Waals surface area contributed by atoms with E-state index in [0.29, 0.717) is 0 Å². The van der Waals surface area contributed by atoms with E-state index in [2.05, 4.69) is 53.0 Å². The highest BCUT2D eigenvalue weighted by molar-refractivity contribution is 5.25. The maximum atomic E-state index is 4.42. The number of aromatic nitrogens is 2. The summed E-state index contributed by atoms with van der Waals surface area (Å²) in [7, 11) is 0. The van der Waals surface area contributed by atoms with Gasteiger partial charge in [0, 0.05) is 31.9 Å². The zero-order valence-corrected chi connectivity index (χ0v) is 11.9. The number of hydrogen-bond acceptors (Lipinski definition) is 2. The van der Waals surface area contributed by atoms with Crippen LogP contribution in [0.3, 0.4) is 0 Å². The van der Waals surface area contributed by atoms with Crippen molar-refractivity contribution >= 4 is 0 Å². The first-order chi connectivity index (χ1) is 9.33. The van der Waals surface area contributed by atoms with E-state index in [1.807, 2.05) is 12.4 Å². The van der Waals surface area contributed by atoms with Crippen LogP contribution in [-0.2, 0) is 19.5 Å². The van der Waals surface area contributed by atoms with Crippen LogP contribution in [0.5, 0.6) is 0 Å². The van der Waals surface area contributed by atoms with Crippen molar-refractivity contribution < 1.29 is 0 Å². The lowest BCUT2D eigenvalue weighted by atomic mass is 10.1. The summed E-state index contributed by atoms with van der Waals surface area (Å²) in [5.74, 6) is 1.14. The first-order valence-electron chi connectivity index (χ1n) is 7.12. The minimum atomic E-state index is 0.906. The molecular formula is C16H23N3. The average Bonchev–Trinajstić information content (AvgIpc) is 2.88. The highest BCUT2D eigenvalue weighted by Gasteiger charge is 2.02. The van der Waals surface area contributed by atoms with Crippen molar-refractivity contribution in [3.63, 3.8) is 0 Å². The van der Waals surface area contributed by atoms with Gasteiger partial charge in [0.15, 0.2) is 0 Å². The number of aryl methyl sites for hydroxylation is 1. The molecule has 0 spiro atoms. The van der Waals surface area contributed by atoms with Crippen molar-refractivity contribution in [3.05, 3.63) is 53.6 Å². The molecule has 0 fully saturated rings. The lowest BCUT2D eigenvalue weighted by Crippen LogP contribution is -2.13. The lowest BCUT2D eigenvalue weighted by Gasteiger charge is -2.07. The van der Waals surface area contributed by atoms with Gasteiger partial charge in [-0.2, -0.15) is 0 Å². The van der Waals surface area contributed by atoms with Gasteiger partial charge in [-0.3, -0.25) is 0 Å². The predicted octanol–water partition coefficient (Wildman–Crippen LogP) is 2.99. The molecule has 0 aliphatic rings. The van der Waals surface area contributed by atoms with Crippen LogP contribution >= 0.6 is 0 Å². The monoisotopic (exact) mass is 257 g/mol. The van der Waals surface area contributed by atoms with E-state index in [1.165, 1.54) is 17.5 Å². The maximum Gasteiger partial charge on any atom is 0.113 e. The molecule has 0 atom stereocenters. The van der Waals surface area contributed by atoms with E-state index in [9.17, 15) is 0 Å². The Labute approximate surface area is 115 Å². The molecule has 102 valence electrons. The summed E-state index contributed by atoms with van der Waals surface area (Å²) in [6, 6.07) is 8.82. The van der Waals surface area contributed by atoms with Crippen molar-refractivity contribution in [2.45, 2.75) is 39.8 Å². The van der Waals surface area contributed by atoms with E-state index >= 15 is 0 Å². The third kappa shape index (κ3) is 3.93. The first-order valence-corrected chi connectivity index (χ1v) is 7.12. The van der Waals surface area contributed by atoms with Crippen LogP contribution in [0.4, 0.5) is 0 Å². The molecule has 19 heavy (non-hydrogen) atoms. The molecular weight excluding hydrogens is 234 g/mol. The highest BCUT2D eigenvalue weighted by Crippen LogP contribution is 2.10. The van der Waals surface area contributed by atoms with Gasteiger partial charge in [0.25, 0.3) is 0 Å². The summed E-state index contributed by atoms with van der Waals surface area (Å²) in [5.41, 5.74) is 2.66. The van der Waals surface area contributed by atoms with Crippen molar-refractivity contribution in [2.24, 2.45) is 0 Å². The van der Waals surface area contributed by atoms with Crippen LogP contribution in [-0.4, -0.2) is 16.1 Å². The van der Waals surface area contributed by atoms with Gasteiger partial charge in [-0.15, -0.1) is 0 Å². The van der Waals surface area contributed by atoms with Gasteiger partial charge >= 0.3 is 0 Å². The largest absolute Gasteiger partial charge is 0.335 e. The van der Waals surface area contributed by atoms with Gasteiger partial charge in [0.05, 0.1) is 0 Å². The standard InChI is InChI=1S/C16H23N3/c1-3-9-17-13-15-7-5-14(6-8-15)12-16-18-10-11-19(16)4-2/h5-8,10-11,17H,3-4,9,12-13H2,1-2H3. The number of nitrogens with zero attached hydrogens (tertiary/aromatic N) is 2. The maximum absolute atomic E-state index is 4.42. The Hall–Kier alpha value is -1.61. The first kappa shape index (κ1) is 13.8. The zero-order chi connectivity index (χ0) is 13.5. The van der Waals surface area contributed by atoms with E-state index < -0.39 is 0 Å². The smallest absolute Gasteiger partial charge is 0.113 e. The molecule has 0 aliphatic heterocycles. The van der Waals surface area contributed by atoms with Gasteiger partial charge in [0.2, 0.25) is 0 Å². The number of hydrogen-bond donors (Lipinski definition) is 1. The molecule has 3 heteroatoms. The minimum Gasteiger partial charge on any atom is -0.335 e. The lowest BCUT2D eigenvalue weighted by molar-refractivity contribution is 0.675. The highest BCUT2D eigenvalue weighted by atomic mass is 15.0. The molecule has 0 aliphatic carbocycles. The summed E-state index contributed by atoms with van der Waals surface area (Å²) in [6.45, 7) is 7.35. The summed E-state index contributed by atoms with van der Waals surface area (Å²) in [6.07, 6.45) is 6.00. The predicted molar refractivity (Wildman–Crippen MR) is 79.1 cm³/mol. The average molecular weight is 257 g/mol. The Morgan fingerprint density at radius 2 is 1.84 bits per heavy atom.